The summed E-state index contributed by atoms with van der Waals surface area (Å²) in [5.74, 6) is -5.64. The zero-order valence-electron chi connectivity index (χ0n) is 20.2. The predicted molar refractivity (Wildman–Crippen MR) is 125 cm³/mol. The average Bonchev–Trinajstić information content (AvgIpc) is 3.27. The number of H-pyrrole nitrogens is 1. The van der Waals surface area contributed by atoms with Gasteiger partial charge in [0.2, 0.25) is 29.5 Å². The lowest BCUT2D eigenvalue weighted by molar-refractivity contribution is -0.142. The van der Waals surface area contributed by atoms with Gasteiger partial charge in [-0.25, -0.2) is 9.78 Å². The summed E-state index contributed by atoms with van der Waals surface area (Å²) >= 11 is 0. The maximum Gasteiger partial charge on any atom is 0.326 e. The Hall–Kier alpha value is -4.01. The number of carbonyl (C=O) groups is 6. The molecule has 0 fully saturated rings. The molecule has 1 aromatic heterocycles. The number of hydrogen-bond acceptors (Lipinski definition) is 8. The number of hydrogen-bond donors (Lipinski definition) is 8. The molecular formula is C21H34N8O7. The van der Waals surface area contributed by atoms with E-state index in [1.165, 1.54) is 12.5 Å². The summed E-state index contributed by atoms with van der Waals surface area (Å²) in [6, 6.07) is -5.14. The van der Waals surface area contributed by atoms with E-state index in [2.05, 4.69) is 25.9 Å². The predicted octanol–water partition coefficient (Wildman–Crippen LogP) is -2.99. The Bertz CT molecular complexity index is 935. The molecule has 1 aromatic rings. The second-order valence-electron chi connectivity index (χ2n) is 8.71. The number of nitrogens with one attached hydrogen (secondary N) is 4. The standard InChI is InChI=1S/C21H34N8O7/c1-10(2)5-14(28-18(32)12(22)6-11-8-25-9-26-11)19(33)29-15(7-17(24)31)20(34)27-13(21(35)36)3-4-16(23)30/h8-10,12-15H,3-7,22H2,1-2H3,(H2,23,30)(H2,24,31)(H,25,26)(H,27,34)(H,28,32)(H,29,33)(H,35,36). The zero-order valence-corrected chi connectivity index (χ0v) is 20.2. The lowest BCUT2D eigenvalue weighted by Crippen LogP contribution is -2.58. The van der Waals surface area contributed by atoms with Crippen LogP contribution in [0.5, 0.6) is 0 Å². The van der Waals surface area contributed by atoms with Gasteiger partial charge in [0, 0.05) is 24.7 Å². The van der Waals surface area contributed by atoms with Gasteiger partial charge in [0.15, 0.2) is 0 Å². The van der Waals surface area contributed by atoms with E-state index in [0.717, 1.165) is 0 Å². The lowest BCUT2D eigenvalue weighted by Gasteiger charge is -2.25. The number of aromatic nitrogens is 2. The van der Waals surface area contributed by atoms with Gasteiger partial charge in [-0.15, -0.1) is 0 Å². The number of nitrogens with zero attached hydrogens (tertiary/aromatic N) is 1. The molecule has 0 aliphatic carbocycles. The molecule has 11 N–H and O–H groups in total. The summed E-state index contributed by atoms with van der Waals surface area (Å²) in [5.41, 5.74) is 16.8. The van der Waals surface area contributed by atoms with Crippen LogP contribution >= 0.6 is 0 Å². The number of carboxylic acid groups (broad SMARTS) is 1. The van der Waals surface area contributed by atoms with Crippen molar-refractivity contribution in [2.75, 3.05) is 0 Å². The van der Waals surface area contributed by atoms with E-state index in [-0.39, 0.29) is 31.6 Å². The van der Waals surface area contributed by atoms with Crippen molar-refractivity contribution >= 4 is 35.5 Å². The molecule has 0 spiro atoms. The minimum Gasteiger partial charge on any atom is -0.480 e. The third-order valence-electron chi connectivity index (χ3n) is 5.00. The molecule has 0 saturated carbocycles. The van der Waals surface area contributed by atoms with Gasteiger partial charge < -0.3 is 43.2 Å². The summed E-state index contributed by atoms with van der Waals surface area (Å²) < 4.78 is 0. The Kier molecular flexibility index (Phi) is 12.0. The number of imidazole rings is 1. The topological polar surface area (TPSA) is 265 Å². The van der Waals surface area contributed by atoms with Gasteiger partial charge in [-0.2, -0.15) is 0 Å². The molecule has 0 aromatic carbocycles. The molecule has 0 saturated heterocycles. The summed E-state index contributed by atoms with van der Waals surface area (Å²) in [5, 5.41) is 16.4. The first kappa shape index (κ1) is 30.0. The largest absolute Gasteiger partial charge is 0.480 e. The molecule has 15 nitrogen and oxygen atoms in total. The van der Waals surface area contributed by atoms with Crippen molar-refractivity contribution in [3.63, 3.8) is 0 Å². The van der Waals surface area contributed by atoms with E-state index in [9.17, 15) is 33.9 Å². The van der Waals surface area contributed by atoms with Crippen molar-refractivity contribution < 1.29 is 33.9 Å². The number of carboxylic acids is 1. The fraction of sp³-hybridized carbons (Fsp3) is 0.571. The van der Waals surface area contributed by atoms with Gasteiger partial charge in [0.25, 0.3) is 0 Å². The first-order valence-corrected chi connectivity index (χ1v) is 11.2. The first-order chi connectivity index (χ1) is 16.8. The Balaban J connectivity index is 2.95. The molecule has 1 rings (SSSR count). The maximum atomic E-state index is 13.0. The summed E-state index contributed by atoms with van der Waals surface area (Å²) in [6.07, 6.45) is 2.00. The molecule has 5 amide bonds. The number of amides is 5. The number of aromatic amines is 1. The van der Waals surface area contributed by atoms with Crippen LogP contribution in [0, 0.1) is 5.92 Å². The summed E-state index contributed by atoms with van der Waals surface area (Å²) in [4.78, 5) is 78.9. The summed E-state index contributed by atoms with van der Waals surface area (Å²) in [7, 11) is 0. The van der Waals surface area contributed by atoms with Crippen LogP contribution in [0.15, 0.2) is 12.5 Å². The molecular weight excluding hydrogens is 476 g/mol. The fourth-order valence-electron chi connectivity index (χ4n) is 3.21. The number of nitrogens with two attached hydrogens (primary N) is 3. The lowest BCUT2D eigenvalue weighted by atomic mass is 10.0. The maximum absolute atomic E-state index is 13.0. The molecule has 0 bridgehead atoms. The van der Waals surface area contributed by atoms with E-state index >= 15 is 0 Å². The zero-order chi connectivity index (χ0) is 27.4. The Morgan fingerprint density at radius 2 is 1.53 bits per heavy atom. The molecule has 0 aliphatic rings. The van der Waals surface area contributed by atoms with Crippen molar-refractivity contribution in [2.24, 2.45) is 23.1 Å². The highest BCUT2D eigenvalue weighted by molar-refractivity contribution is 5.96. The van der Waals surface area contributed by atoms with Crippen molar-refractivity contribution in [1.29, 1.82) is 0 Å². The van der Waals surface area contributed by atoms with Crippen LogP contribution in [-0.4, -0.2) is 74.7 Å². The molecule has 4 unspecified atom stereocenters. The normalized spacial score (nSPS) is 14.2. The van der Waals surface area contributed by atoms with Gasteiger partial charge in [0.1, 0.15) is 18.1 Å². The number of aliphatic carboxylic acids is 1. The smallest absolute Gasteiger partial charge is 0.326 e. The molecule has 15 heteroatoms. The van der Waals surface area contributed by atoms with Crippen LogP contribution in [0.2, 0.25) is 0 Å². The van der Waals surface area contributed by atoms with Crippen LogP contribution in [-0.2, 0) is 35.2 Å². The van der Waals surface area contributed by atoms with E-state index in [4.69, 9.17) is 17.2 Å². The van der Waals surface area contributed by atoms with Crippen molar-refractivity contribution in [2.45, 2.75) is 70.1 Å². The Labute approximate surface area is 207 Å². The highest BCUT2D eigenvalue weighted by Gasteiger charge is 2.31. The van der Waals surface area contributed by atoms with E-state index in [0.29, 0.717) is 5.69 Å². The molecule has 4 atom stereocenters. The van der Waals surface area contributed by atoms with Crippen molar-refractivity contribution in [3.05, 3.63) is 18.2 Å². The van der Waals surface area contributed by atoms with Gasteiger partial charge in [0.05, 0.1) is 18.8 Å². The monoisotopic (exact) mass is 510 g/mol. The van der Waals surface area contributed by atoms with Crippen LogP contribution in [0.25, 0.3) is 0 Å². The number of rotatable bonds is 16. The van der Waals surface area contributed by atoms with E-state index in [1.54, 1.807) is 13.8 Å². The van der Waals surface area contributed by atoms with Crippen LogP contribution < -0.4 is 33.2 Å². The molecule has 1 heterocycles. The fourth-order valence-corrected chi connectivity index (χ4v) is 3.21. The second-order valence-corrected chi connectivity index (χ2v) is 8.71. The molecule has 36 heavy (non-hydrogen) atoms. The van der Waals surface area contributed by atoms with Crippen molar-refractivity contribution in [1.82, 2.24) is 25.9 Å². The van der Waals surface area contributed by atoms with Gasteiger partial charge in [-0.1, -0.05) is 13.8 Å². The Morgan fingerprint density at radius 3 is 2.03 bits per heavy atom. The van der Waals surface area contributed by atoms with Crippen LogP contribution in [0.4, 0.5) is 0 Å². The quantitative estimate of drug-likeness (QED) is 0.112. The minimum absolute atomic E-state index is 0.0570. The second kappa shape index (κ2) is 14.4. The minimum atomic E-state index is -1.53. The molecule has 200 valence electrons. The molecule has 0 radical (unpaired) electrons. The Morgan fingerprint density at radius 1 is 0.944 bits per heavy atom. The SMILES string of the molecule is CC(C)CC(NC(=O)C(N)Cc1cnc[nH]1)C(=O)NC(CC(N)=O)C(=O)NC(CCC(N)=O)C(=O)O. The molecule has 0 aliphatic heterocycles. The van der Waals surface area contributed by atoms with Gasteiger partial charge >= 0.3 is 5.97 Å². The van der Waals surface area contributed by atoms with E-state index < -0.39 is 66.1 Å². The highest BCUT2D eigenvalue weighted by atomic mass is 16.4. The van der Waals surface area contributed by atoms with Gasteiger partial charge in [-0.3, -0.25) is 24.0 Å². The van der Waals surface area contributed by atoms with Crippen LogP contribution in [0.3, 0.4) is 0 Å². The third-order valence-corrected chi connectivity index (χ3v) is 5.00. The summed E-state index contributed by atoms with van der Waals surface area (Å²) in [6.45, 7) is 3.61. The van der Waals surface area contributed by atoms with E-state index in [1.807, 2.05) is 0 Å². The van der Waals surface area contributed by atoms with Gasteiger partial charge in [-0.05, 0) is 18.8 Å². The first-order valence-electron chi connectivity index (χ1n) is 11.2. The third kappa shape index (κ3) is 10.9. The number of carbonyl (C=O) groups excluding carboxylic acids is 5. The van der Waals surface area contributed by atoms with Crippen LogP contribution in [0.1, 0.15) is 45.2 Å². The number of primary amides is 2. The average molecular weight is 511 g/mol. The van der Waals surface area contributed by atoms with Crippen molar-refractivity contribution in [3.8, 4) is 0 Å². The highest BCUT2D eigenvalue weighted by Crippen LogP contribution is 2.08.